The van der Waals surface area contributed by atoms with E-state index in [-0.39, 0.29) is 18.1 Å². The van der Waals surface area contributed by atoms with Crippen molar-refractivity contribution in [2.24, 2.45) is 0 Å². The summed E-state index contributed by atoms with van der Waals surface area (Å²) >= 11 is 1.63. The number of nitrogens with one attached hydrogen (secondary N) is 2. The van der Waals surface area contributed by atoms with Crippen molar-refractivity contribution in [2.75, 3.05) is 26.2 Å². The lowest BCUT2D eigenvalue weighted by molar-refractivity contribution is -0.135. The molecule has 2 heterocycles. The first kappa shape index (κ1) is 13.5. The molecule has 1 fully saturated rings. The molecule has 6 heteroatoms. The van der Waals surface area contributed by atoms with Gasteiger partial charge in [0.25, 0.3) is 0 Å². The SMILES string of the molecule is Cc1csc(CCNC(=O)COC2(C)CNC2)n1. The van der Waals surface area contributed by atoms with Crippen LogP contribution in [0.4, 0.5) is 0 Å². The van der Waals surface area contributed by atoms with E-state index in [1.807, 2.05) is 19.2 Å². The molecule has 0 radical (unpaired) electrons. The minimum absolute atomic E-state index is 0.0589. The van der Waals surface area contributed by atoms with Gasteiger partial charge in [-0.3, -0.25) is 4.79 Å². The van der Waals surface area contributed by atoms with Crippen molar-refractivity contribution in [3.05, 3.63) is 16.1 Å². The first-order valence-corrected chi connectivity index (χ1v) is 6.98. The van der Waals surface area contributed by atoms with Gasteiger partial charge in [-0.2, -0.15) is 0 Å². The van der Waals surface area contributed by atoms with Gasteiger partial charge in [0.05, 0.1) is 10.6 Å². The molecule has 5 nitrogen and oxygen atoms in total. The summed E-state index contributed by atoms with van der Waals surface area (Å²) in [5, 5.41) is 9.05. The number of rotatable bonds is 6. The summed E-state index contributed by atoms with van der Waals surface area (Å²) in [6.07, 6.45) is 0.781. The van der Waals surface area contributed by atoms with Crippen LogP contribution in [0, 0.1) is 6.92 Å². The molecule has 2 N–H and O–H groups in total. The van der Waals surface area contributed by atoms with Crippen LogP contribution >= 0.6 is 11.3 Å². The molecule has 2 rings (SSSR count). The quantitative estimate of drug-likeness (QED) is 0.789. The average Bonchev–Trinajstić information content (AvgIpc) is 2.70. The summed E-state index contributed by atoms with van der Waals surface area (Å²) in [6, 6.07) is 0. The maximum Gasteiger partial charge on any atom is 0.246 e. The van der Waals surface area contributed by atoms with Gasteiger partial charge in [0, 0.05) is 37.1 Å². The van der Waals surface area contributed by atoms with Crippen LogP contribution in [0.3, 0.4) is 0 Å². The number of carbonyl (C=O) groups excluding carboxylic acids is 1. The smallest absolute Gasteiger partial charge is 0.246 e. The first-order valence-electron chi connectivity index (χ1n) is 6.10. The Kier molecular flexibility index (Phi) is 4.31. The second kappa shape index (κ2) is 5.77. The van der Waals surface area contributed by atoms with Crippen LogP contribution in [0.5, 0.6) is 0 Å². The third-order valence-electron chi connectivity index (χ3n) is 2.88. The van der Waals surface area contributed by atoms with Gasteiger partial charge in [-0.15, -0.1) is 11.3 Å². The predicted molar refractivity (Wildman–Crippen MR) is 70.8 cm³/mol. The summed E-state index contributed by atoms with van der Waals surface area (Å²) in [5.74, 6) is -0.0589. The standard InChI is InChI=1S/C12H19N3O2S/c1-9-6-18-11(15-9)3-4-14-10(16)5-17-12(2)7-13-8-12/h6,13H,3-5,7-8H2,1-2H3,(H,14,16). The van der Waals surface area contributed by atoms with Gasteiger partial charge >= 0.3 is 0 Å². The molecular weight excluding hydrogens is 250 g/mol. The van der Waals surface area contributed by atoms with Crippen LogP contribution in [-0.4, -0.2) is 42.7 Å². The molecule has 0 unspecified atom stereocenters. The van der Waals surface area contributed by atoms with E-state index in [9.17, 15) is 4.79 Å². The maximum absolute atomic E-state index is 11.6. The van der Waals surface area contributed by atoms with Crippen molar-refractivity contribution in [3.63, 3.8) is 0 Å². The van der Waals surface area contributed by atoms with Gasteiger partial charge < -0.3 is 15.4 Å². The lowest BCUT2D eigenvalue weighted by Crippen LogP contribution is -2.59. The van der Waals surface area contributed by atoms with Gasteiger partial charge in [-0.05, 0) is 13.8 Å². The minimum Gasteiger partial charge on any atom is -0.363 e. The molecule has 0 atom stereocenters. The summed E-state index contributed by atoms with van der Waals surface area (Å²) in [4.78, 5) is 15.9. The van der Waals surface area contributed by atoms with Gasteiger partial charge in [0.15, 0.2) is 0 Å². The molecule has 0 spiro atoms. The highest BCUT2D eigenvalue weighted by atomic mass is 32.1. The van der Waals surface area contributed by atoms with Crippen LogP contribution < -0.4 is 10.6 Å². The normalized spacial score (nSPS) is 17.2. The monoisotopic (exact) mass is 269 g/mol. The van der Waals surface area contributed by atoms with Crippen molar-refractivity contribution >= 4 is 17.2 Å². The Morgan fingerprint density at radius 1 is 1.67 bits per heavy atom. The number of aryl methyl sites for hydroxylation is 1. The lowest BCUT2D eigenvalue weighted by Gasteiger charge is -2.38. The number of amides is 1. The third-order valence-corrected chi connectivity index (χ3v) is 3.90. The Labute approximate surface area is 111 Å². The Hall–Kier alpha value is -0.980. The zero-order valence-corrected chi connectivity index (χ0v) is 11.6. The predicted octanol–water partition coefficient (Wildman–Crippen LogP) is 0.489. The first-order chi connectivity index (χ1) is 8.57. The Morgan fingerprint density at radius 3 is 3.00 bits per heavy atom. The second-order valence-corrected chi connectivity index (χ2v) is 5.77. The van der Waals surface area contributed by atoms with E-state index in [0.29, 0.717) is 6.54 Å². The van der Waals surface area contributed by atoms with Crippen molar-refractivity contribution in [2.45, 2.75) is 25.9 Å². The molecule has 1 aliphatic heterocycles. The zero-order valence-electron chi connectivity index (χ0n) is 10.8. The molecule has 100 valence electrons. The molecule has 0 aliphatic carbocycles. The third kappa shape index (κ3) is 3.76. The molecule has 1 saturated heterocycles. The molecule has 1 aliphatic rings. The second-order valence-electron chi connectivity index (χ2n) is 4.82. The maximum atomic E-state index is 11.6. The topological polar surface area (TPSA) is 63.2 Å². The molecule has 18 heavy (non-hydrogen) atoms. The highest BCUT2D eigenvalue weighted by Gasteiger charge is 2.32. The van der Waals surface area contributed by atoms with Gasteiger partial charge in [0.1, 0.15) is 6.61 Å². The highest BCUT2D eigenvalue weighted by Crippen LogP contribution is 2.14. The lowest BCUT2D eigenvalue weighted by atomic mass is 10.0. The molecule has 0 aromatic carbocycles. The van der Waals surface area contributed by atoms with Gasteiger partial charge in [-0.1, -0.05) is 0 Å². The summed E-state index contributed by atoms with van der Waals surface area (Å²) < 4.78 is 5.55. The summed E-state index contributed by atoms with van der Waals surface area (Å²) in [6.45, 7) is 6.37. The van der Waals surface area contributed by atoms with E-state index in [1.165, 1.54) is 0 Å². The van der Waals surface area contributed by atoms with Gasteiger partial charge in [0.2, 0.25) is 5.91 Å². The van der Waals surface area contributed by atoms with Crippen molar-refractivity contribution in [1.82, 2.24) is 15.6 Å². The summed E-state index contributed by atoms with van der Waals surface area (Å²) in [7, 11) is 0. The number of thiazole rings is 1. The van der Waals surface area contributed by atoms with E-state index < -0.39 is 0 Å². The van der Waals surface area contributed by atoms with Crippen molar-refractivity contribution in [1.29, 1.82) is 0 Å². The fraction of sp³-hybridized carbons (Fsp3) is 0.667. The van der Waals surface area contributed by atoms with E-state index in [1.54, 1.807) is 11.3 Å². The molecule has 0 bridgehead atoms. The number of nitrogens with zero attached hydrogens (tertiary/aromatic N) is 1. The number of aromatic nitrogens is 1. The van der Waals surface area contributed by atoms with E-state index in [0.717, 1.165) is 30.2 Å². The number of carbonyl (C=O) groups is 1. The van der Waals surface area contributed by atoms with E-state index >= 15 is 0 Å². The van der Waals surface area contributed by atoms with Crippen LogP contribution in [0.2, 0.25) is 0 Å². The Balaban J connectivity index is 1.60. The molecule has 1 aromatic heterocycles. The minimum atomic E-state index is -0.163. The highest BCUT2D eigenvalue weighted by molar-refractivity contribution is 7.09. The van der Waals surface area contributed by atoms with Crippen LogP contribution in [0.25, 0.3) is 0 Å². The average molecular weight is 269 g/mol. The molecule has 1 amide bonds. The van der Waals surface area contributed by atoms with Gasteiger partial charge in [-0.25, -0.2) is 4.98 Å². The van der Waals surface area contributed by atoms with Crippen LogP contribution in [0.15, 0.2) is 5.38 Å². The largest absolute Gasteiger partial charge is 0.363 e. The van der Waals surface area contributed by atoms with E-state index in [4.69, 9.17) is 4.74 Å². The number of hydrogen-bond donors (Lipinski definition) is 2. The summed E-state index contributed by atoms with van der Waals surface area (Å²) in [5.41, 5.74) is 0.874. The van der Waals surface area contributed by atoms with Crippen molar-refractivity contribution < 1.29 is 9.53 Å². The fourth-order valence-corrected chi connectivity index (χ4v) is 2.47. The number of hydrogen-bond acceptors (Lipinski definition) is 5. The molecule has 1 aromatic rings. The number of ether oxygens (including phenoxy) is 1. The van der Waals surface area contributed by atoms with Crippen molar-refractivity contribution in [3.8, 4) is 0 Å². The Bertz CT molecular complexity index is 415. The van der Waals surface area contributed by atoms with E-state index in [2.05, 4.69) is 15.6 Å². The van der Waals surface area contributed by atoms with Crippen LogP contribution in [0.1, 0.15) is 17.6 Å². The van der Waals surface area contributed by atoms with Crippen LogP contribution in [-0.2, 0) is 16.0 Å². The zero-order chi connectivity index (χ0) is 13.0. The molecule has 0 saturated carbocycles. The fourth-order valence-electron chi connectivity index (χ4n) is 1.70. The molecular formula is C12H19N3O2S. The Morgan fingerprint density at radius 2 is 2.44 bits per heavy atom.